The second kappa shape index (κ2) is 14.3. The van der Waals surface area contributed by atoms with Crippen LogP contribution in [0.25, 0.3) is 44.5 Å². The molecular formula is C54H39NSi. The Labute approximate surface area is 330 Å². The average molecular weight is 730 g/mol. The minimum atomic E-state index is -2.53. The van der Waals surface area contributed by atoms with Gasteiger partial charge in [0.25, 0.3) is 0 Å². The van der Waals surface area contributed by atoms with Crippen molar-refractivity contribution < 1.29 is 0 Å². The summed E-state index contributed by atoms with van der Waals surface area (Å²) in [6.45, 7) is 0. The standard InChI is InChI=1S/C54H39NSi/c1-5-17-40(18-6-1)41-31-33-42(34-32-41)43-19-15-23-47(37-43)55(46-21-7-2-8-22-46)48-24-16-20-44(38-48)45-35-36-54-52(39-45)51-29-13-14-30-53(51)56(54,49-25-9-3-10-26-49)50-27-11-4-12-28-50/h1-39H. The molecule has 0 aromatic heterocycles. The molecule has 0 radical (unpaired) electrons. The van der Waals surface area contributed by atoms with Crippen molar-refractivity contribution in [3.8, 4) is 44.5 Å². The highest BCUT2D eigenvalue weighted by Gasteiger charge is 2.48. The summed E-state index contributed by atoms with van der Waals surface area (Å²) >= 11 is 0. The van der Waals surface area contributed by atoms with Crippen molar-refractivity contribution in [3.63, 3.8) is 0 Å². The van der Waals surface area contributed by atoms with E-state index in [1.54, 1.807) is 0 Å². The van der Waals surface area contributed by atoms with Gasteiger partial charge in [0.2, 0.25) is 0 Å². The molecular weight excluding hydrogens is 691 g/mol. The number of benzene rings is 9. The number of fused-ring (bicyclic) bond motifs is 3. The van der Waals surface area contributed by atoms with Gasteiger partial charge < -0.3 is 4.90 Å². The largest absolute Gasteiger partial charge is 0.310 e. The van der Waals surface area contributed by atoms with Gasteiger partial charge in [-0.1, -0.05) is 194 Å². The highest BCUT2D eigenvalue weighted by molar-refractivity contribution is 7.22. The van der Waals surface area contributed by atoms with Gasteiger partial charge in [-0.15, -0.1) is 0 Å². The molecule has 1 heterocycles. The molecule has 0 saturated carbocycles. The Kier molecular flexibility index (Phi) is 8.59. The van der Waals surface area contributed by atoms with Crippen molar-refractivity contribution in [2.45, 2.75) is 0 Å². The van der Waals surface area contributed by atoms with Crippen molar-refractivity contribution in [2.24, 2.45) is 0 Å². The first-order valence-electron chi connectivity index (χ1n) is 19.3. The van der Waals surface area contributed by atoms with Gasteiger partial charge in [-0.05, 0) is 108 Å². The Hall–Kier alpha value is -7.00. The highest BCUT2D eigenvalue weighted by atomic mass is 28.3. The molecule has 0 saturated heterocycles. The Morgan fingerprint density at radius 3 is 1.25 bits per heavy atom. The highest BCUT2D eigenvalue weighted by Crippen LogP contribution is 2.39. The van der Waals surface area contributed by atoms with E-state index in [2.05, 4.69) is 241 Å². The van der Waals surface area contributed by atoms with Crippen LogP contribution in [0.5, 0.6) is 0 Å². The summed E-state index contributed by atoms with van der Waals surface area (Å²) in [4.78, 5) is 2.37. The van der Waals surface area contributed by atoms with Crippen LogP contribution in [0.2, 0.25) is 0 Å². The fourth-order valence-electron chi connectivity index (χ4n) is 8.79. The topological polar surface area (TPSA) is 3.24 Å². The van der Waals surface area contributed by atoms with Crippen molar-refractivity contribution in [3.05, 3.63) is 237 Å². The molecule has 0 N–H and O–H groups in total. The van der Waals surface area contributed by atoms with E-state index in [0.29, 0.717) is 0 Å². The zero-order valence-electron chi connectivity index (χ0n) is 31.0. The van der Waals surface area contributed by atoms with E-state index in [1.807, 2.05) is 0 Å². The average Bonchev–Trinajstić information content (AvgIpc) is 3.58. The molecule has 0 unspecified atom stereocenters. The van der Waals surface area contributed by atoms with E-state index in [4.69, 9.17) is 0 Å². The summed E-state index contributed by atoms with van der Waals surface area (Å²) in [5.74, 6) is 0. The van der Waals surface area contributed by atoms with Gasteiger partial charge in [0.1, 0.15) is 0 Å². The predicted molar refractivity (Wildman–Crippen MR) is 240 cm³/mol. The van der Waals surface area contributed by atoms with E-state index >= 15 is 0 Å². The van der Waals surface area contributed by atoms with Crippen LogP contribution in [0.15, 0.2) is 237 Å². The molecule has 0 fully saturated rings. The molecule has 2 heteroatoms. The van der Waals surface area contributed by atoms with Gasteiger partial charge in [0.15, 0.2) is 8.07 Å². The summed E-state index contributed by atoms with van der Waals surface area (Å²) < 4.78 is 0. The number of anilines is 3. The SMILES string of the molecule is c1ccc(-c2ccc(-c3cccc(N(c4ccccc4)c4cccc(-c5ccc6c(c5)-c5ccccc5[Si]6(c5ccccc5)c5ccccc5)c4)c3)cc2)cc1. The molecule has 264 valence electrons. The molecule has 9 aromatic rings. The van der Waals surface area contributed by atoms with Crippen molar-refractivity contribution >= 4 is 45.9 Å². The summed E-state index contributed by atoms with van der Waals surface area (Å²) in [6, 6.07) is 86.8. The maximum absolute atomic E-state index is 2.53. The van der Waals surface area contributed by atoms with Gasteiger partial charge in [0.05, 0.1) is 0 Å². The lowest BCUT2D eigenvalue weighted by Gasteiger charge is -2.31. The van der Waals surface area contributed by atoms with Gasteiger partial charge >= 0.3 is 0 Å². The third-order valence-electron chi connectivity index (χ3n) is 11.3. The van der Waals surface area contributed by atoms with E-state index in [1.165, 1.54) is 65.3 Å². The third-order valence-corrected chi connectivity index (χ3v) is 16.2. The van der Waals surface area contributed by atoms with Crippen LogP contribution in [0.3, 0.4) is 0 Å². The molecule has 1 aliphatic rings. The van der Waals surface area contributed by atoms with Crippen LogP contribution in [0.1, 0.15) is 0 Å². The second-order valence-electron chi connectivity index (χ2n) is 14.5. The van der Waals surface area contributed by atoms with Gasteiger partial charge in [-0.3, -0.25) is 0 Å². The Balaban J connectivity index is 1.07. The van der Waals surface area contributed by atoms with E-state index in [-0.39, 0.29) is 0 Å². The van der Waals surface area contributed by atoms with E-state index < -0.39 is 8.07 Å². The predicted octanol–water partition coefficient (Wildman–Crippen LogP) is 11.5. The summed E-state index contributed by atoms with van der Waals surface area (Å²) in [5.41, 5.74) is 13.3. The minimum absolute atomic E-state index is 1.11. The van der Waals surface area contributed by atoms with Gasteiger partial charge in [0, 0.05) is 17.1 Å². The fraction of sp³-hybridized carbons (Fsp3) is 0. The van der Waals surface area contributed by atoms with Crippen LogP contribution in [-0.4, -0.2) is 8.07 Å². The summed E-state index contributed by atoms with van der Waals surface area (Å²) in [5, 5.41) is 5.75. The van der Waals surface area contributed by atoms with Gasteiger partial charge in [-0.25, -0.2) is 0 Å². The fourth-order valence-corrected chi connectivity index (χ4v) is 14.0. The van der Waals surface area contributed by atoms with Crippen LogP contribution in [0, 0.1) is 0 Å². The lowest BCUT2D eigenvalue weighted by Crippen LogP contribution is -2.72. The molecule has 10 rings (SSSR count). The first-order valence-corrected chi connectivity index (χ1v) is 21.3. The lowest BCUT2D eigenvalue weighted by atomic mass is 9.98. The first kappa shape index (κ1) is 33.6. The monoisotopic (exact) mass is 729 g/mol. The summed E-state index contributed by atoms with van der Waals surface area (Å²) in [6.07, 6.45) is 0. The smallest absolute Gasteiger partial charge is 0.180 e. The zero-order valence-corrected chi connectivity index (χ0v) is 32.0. The number of hydrogen-bond acceptors (Lipinski definition) is 1. The van der Waals surface area contributed by atoms with Crippen LogP contribution in [-0.2, 0) is 0 Å². The van der Waals surface area contributed by atoms with Crippen molar-refractivity contribution in [2.75, 3.05) is 4.90 Å². The van der Waals surface area contributed by atoms with Crippen molar-refractivity contribution in [1.82, 2.24) is 0 Å². The quantitative estimate of drug-likeness (QED) is 0.141. The Bertz CT molecular complexity index is 2740. The minimum Gasteiger partial charge on any atom is -0.310 e. The number of rotatable bonds is 8. The molecule has 0 spiro atoms. The zero-order chi connectivity index (χ0) is 37.3. The Morgan fingerprint density at radius 1 is 0.250 bits per heavy atom. The molecule has 0 amide bonds. The van der Waals surface area contributed by atoms with Crippen molar-refractivity contribution in [1.29, 1.82) is 0 Å². The maximum Gasteiger partial charge on any atom is 0.180 e. The van der Waals surface area contributed by atoms with Crippen LogP contribution < -0.4 is 25.6 Å². The van der Waals surface area contributed by atoms with E-state index in [9.17, 15) is 0 Å². The van der Waals surface area contributed by atoms with Crippen LogP contribution >= 0.6 is 0 Å². The molecule has 56 heavy (non-hydrogen) atoms. The number of hydrogen-bond donors (Lipinski definition) is 0. The lowest BCUT2D eigenvalue weighted by molar-refractivity contribution is 1.28. The summed E-state index contributed by atoms with van der Waals surface area (Å²) in [7, 11) is -2.53. The number of para-hydroxylation sites is 1. The first-order chi connectivity index (χ1) is 27.8. The third kappa shape index (κ3) is 5.79. The normalized spacial score (nSPS) is 12.4. The maximum atomic E-state index is 2.44. The molecule has 0 aliphatic carbocycles. The molecule has 1 nitrogen and oxygen atoms in total. The molecule has 1 aliphatic heterocycles. The molecule has 9 aromatic carbocycles. The number of nitrogens with zero attached hydrogens (tertiary/aromatic N) is 1. The molecule has 0 bridgehead atoms. The van der Waals surface area contributed by atoms with E-state index in [0.717, 1.165) is 17.1 Å². The van der Waals surface area contributed by atoms with Gasteiger partial charge in [-0.2, -0.15) is 0 Å². The molecule has 0 atom stereocenters. The second-order valence-corrected chi connectivity index (χ2v) is 18.2. The van der Waals surface area contributed by atoms with Crippen LogP contribution in [0.4, 0.5) is 17.1 Å². The Morgan fingerprint density at radius 2 is 0.643 bits per heavy atom.